The van der Waals surface area contributed by atoms with Gasteiger partial charge in [0.25, 0.3) is 5.56 Å². The highest BCUT2D eigenvalue weighted by atomic mass is 32.2. The molecule has 0 saturated carbocycles. The Bertz CT molecular complexity index is 1250. The lowest BCUT2D eigenvalue weighted by Crippen LogP contribution is -2.30. The summed E-state index contributed by atoms with van der Waals surface area (Å²) in [5.74, 6) is -0.679. The van der Waals surface area contributed by atoms with Gasteiger partial charge in [0.05, 0.1) is 23.3 Å². The van der Waals surface area contributed by atoms with E-state index in [1.807, 2.05) is 0 Å². The molecule has 3 heterocycles. The van der Waals surface area contributed by atoms with Gasteiger partial charge in [-0.05, 0) is 69.2 Å². The molecule has 1 amide bonds. The number of amides is 1. The first-order valence-electron chi connectivity index (χ1n) is 11.4. The number of anilines is 1. The van der Waals surface area contributed by atoms with Crippen molar-refractivity contribution in [3.05, 3.63) is 50.9 Å². The van der Waals surface area contributed by atoms with Crippen LogP contribution in [-0.2, 0) is 28.9 Å². The number of halogens is 1. The molecule has 9 heteroatoms. The van der Waals surface area contributed by atoms with Crippen molar-refractivity contribution >= 4 is 44.9 Å². The van der Waals surface area contributed by atoms with E-state index < -0.39 is 11.1 Å². The summed E-state index contributed by atoms with van der Waals surface area (Å²) in [6.45, 7) is 2.91. The first-order valence-corrected chi connectivity index (χ1v) is 13.1. The summed E-state index contributed by atoms with van der Waals surface area (Å²) in [7, 11) is 0. The number of fused-ring (bicyclic) bond motifs is 3. The second-order valence-electron chi connectivity index (χ2n) is 8.60. The Morgan fingerprint density at radius 3 is 3.00 bits per heavy atom. The molecule has 1 N–H and O–H groups in total. The van der Waals surface area contributed by atoms with Gasteiger partial charge in [0.2, 0.25) is 5.91 Å². The maximum Gasteiger partial charge on any atom is 0.263 e. The van der Waals surface area contributed by atoms with E-state index in [-0.39, 0.29) is 17.6 Å². The van der Waals surface area contributed by atoms with Gasteiger partial charge in [-0.25, -0.2) is 9.37 Å². The monoisotopic (exact) mass is 487 g/mol. The van der Waals surface area contributed by atoms with E-state index in [0.717, 1.165) is 54.3 Å². The van der Waals surface area contributed by atoms with E-state index in [0.29, 0.717) is 24.0 Å². The van der Waals surface area contributed by atoms with Gasteiger partial charge in [-0.2, -0.15) is 0 Å². The molecule has 1 saturated heterocycles. The molecule has 2 aliphatic rings. The van der Waals surface area contributed by atoms with Gasteiger partial charge in [0.15, 0.2) is 5.16 Å². The summed E-state index contributed by atoms with van der Waals surface area (Å²) in [5, 5.41) is 3.50. The molecule has 1 aromatic carbocycles. The standard InChI is InChI=1S/C24H26FN3O3S2/c1-14(21(29)26-16-7-4-6-15(25)12-16)32-24-27-22-20(18-9-2-3-10-19(18)33-22)23(30)28(24)13-17-8-5-11-31-17/h4,6-7,12,14,17H,2-3,5,8-11,13H2,1H3,(H,26,29). The van der Waals surface area contributed by atoms with Crippen molar-refractivity contribution in [2.24, 2.45) is 0 Å². The van der Waals surface area contributed by atoms with Crippen LogP contribution in [0.15, 0.2) is 34.2 Å². The van der Waals surface area contributed by atoms with Crippen LogP contribution in [0.5, 0.6) is 0 Å². The molecule has 0 spiro atoms. The zero-order valence-electron chi connectivity index (χ0n) is 18.4. The van der Waals surface area contributed by atoms with Crippen molar-refractivity contribution in [3.8, 4) is 0 Å². The normalized spacial score (nSPS) is 18.9. The zero-order chi connectivity index (χ0) is 22.9. The molecule has 1 aliphatic heterocycles. The predicted molar refractivity (Wildman–Crippen MR) is 130 cm³/mol. The topological polar surface area (TPSA) is 73.2 Å². The van der Waals surface area contributed by atoms with E-state index in [1.165, 1.54) is 28.8 Å². The van der Waals surface area contributed by atoms with Crippen molar-refractivity contribution < 1.29 is 13.9 Å². The fourth-order valence-electron chi connectivity index (χ4n) is 4.48. The van der Waals surface area contributed by atoms with Crippen molar-refractivity contribution in [3.63, 3.8) is 0 Å². The first kappa shape index (κ1) is 22.6. The molecule has 2 aromatic heterocycles. The maximum atomic E-state index is 13.7. The molecule has 174 valence electrons. The number of nitrogens with zero attached hydrogens (tertiary/aromatic N) is 2. The van der Waals surface area contributed by atoms with Crippen LogP contribution in [0.3, 0.4) is 0 Å². The SMILES string of the molecule is CC(Sc1nc2sc3c(c2c(=O)n1CC1CCCO1)CCCC3)C(=O)Nc1cccc(F)c1. The number of hydrogen-bond donors (Lipinski definition) is 1. The number of carbonyl (C=O) groups excluding carboxylic acids is 1. The number of thiophene rings is 1. The Balaban J connectivity index is 1.47. The van der Waals surface area contributed by atoms with Crippen LogP contribution < -0.4 is 10.9 Å². The second-order valence-corrected chi connectivity index (χ2v) is 11.0. The first-order chi connectivity index (χ1) is 16.0. The van der Waals surface area contributed by atoms with Crippen molar-refractivity contribution in [2.45, 2.75) is 68.5 Å². The molecule has 6 nitrogen and oxygen atoms in total. The third-order valence-electron chi connectivity index (χ3n) is 6.19. The number of hydrogen-bond acceptors (Lipinski definition) is 6. The lowest BCUT2D eigenvalue weighted by Gasteiger charge is -2.18. The van der Waals surface area contributed by atoms with E-state index in [1.54, 1.807) is 35.0 Å². The van der Waals surface area contributed by atoms with E-state index >= 15 is 0 Å². The summed E-state index contributed by atoms with van der Waals surface area (Å²) >= 11 is 2.87. The number of thioether (sulfide) groups is 1. The van der Waals surface area contributed by atoms with Crippen LogP contribution in [0.2, 0.25) is 0 Å². The van der Waals surface area contributed by atoms with E-state index in [9.17, 15) is 14.0 Å². The molecule has 0 bridgehead atoms. The number of ether oxygens (including phenoxy) is 1. The van der Waals surface area contributed by atoms with Gasteiger partial charge in [-0.3, -0.25) is 14.2 Å². The summed E-state index contributed by atoms with van der Waals surface area (Å²) in [6.07, 6.45) is 6.03. The minimum atomic E-state index is -0.525. The number of aromatic nitrogens is 2. The second kappa shape index (κ2) is 9.56. The summed E-state index contributed by atoms with van der Waals surface area (Å²) in [6, 6.07) is 5.81. The Labute approximate surface area is 199 Å². The minimum absolute atomic E-state index is 0.0211. The third kappa shape index (κ3) is 4.72. The van der Waals surface area contributed by atoms with Gasteiger partial charge in [-0.1, -0.05) is 17.8 Å². The fraction of sp³-hybridized carbons (Fsp3) is 0.458. The summed E-state index contributed by atoms with van der Waals surface area (Å²) in [5.41, 5.74) is 1.53. The maximum absolute atomic E-state index is 13.7. The molecule has 5 rings (SSSR count). The predicted octanol–water partition coefficient (Wildman–Crippen LogP) is 4.77. The lowest BCUT2D eigenvalue weighted by atomic mass is 9.97. The molecule has 33 heavy (non-hydrogen) atoms. The van der Waals surface area contributed by atoms with E-state index in [2.05, 4.69) is 5.32 Å². The minimum Gasteiger partial charge on any atom is -0.376 e. The van der Waals surface area contributed by atoms with Crippen LogP contribution in [0.25, 0.3) is 10.2 Å². The zero-order valence-corrected chi connectivity index (χ0v) is 20.1. The Kier molecular flexibility index (Phi) is 6.53. The van der Waals surface area contributed by atoms with Gasteiger partial charge in [-0.15, -0.1) is 11.3 Å². The summed E-state index contributed by atoms with van der Waals surface area (Å²) in [4.78, 5) is 33.4. The highest BCUT2D eigenvalue weighted by Crippen LogP contribution is 2.35. The molecular formula is C24H26FN3O3S2. The van der Waals surface area contributed by atoms with Crippen LogP contribution in [0.4, 0.5) is 10.1 Å². The molecule has 1 aliphatic carbocycles. The third-order valence-corrected chi connectivity index (χ3v) is 8.47. The Hall–Kier alpha value is -2.23. The van der Waals surface area contributed by atoms with Gasteiger partial charge in [0, 0.05) is 17.2 Å². The van der Waals surface area contributed by atoms with Crippen molar-refractivity contribution in [2.75, 3.05) is 11.9 Å². The van der Waals surface area contributed by atoms with Crippen LogP contribution in [0.1, 0.15) is 43.0 Å². The van der Waals surface area contributed by atoms with Crippen LogP contribution in [-0.4, -0.2) is 33.4 Å². The lowest BCUT2D eigenvalue weighted by molar-refractivity contribution is -0.115. The molecule has 0 radical (unpaired) electrons. The highest BCUT2D eigenvalue weighted by Gasteiger charge is 2.26. The number of nitrogens with one attached hydrogen (secondary N) is 1. The Morgan fingerprint density at radius 1 is 1.36 bits per heavy atom. The Morgan fingerprint density at radius 2 is 2.21 bits per heavy atom. The molecule has 1 fully saturated rings. The molecule has 3 aromatic rings. The fourth-order valence-corrected chi connectivity index (χ4v) is 6.70. The molecular weight excluding hydrogens is 461 g/mol. The quantitative estimate of drug-likeness (QED) is 0.400. The summed E-state index contributed by atoms with van der Waals surface area (Å²) < 4.78 is 21.0. The number of benzene rings is 1. The van der Waals surface area contributed by atoms with Gasteiger partial charge < -0.3 is 10.1 Å². The average molecular weight is 488 g/mol. The van der Waals surface area contributed by atoms with Crippen LogP contribution >= 0.6 is 23.1 Å². The molecule has 2 unspecified atom stereocenters. The van der Waals surface area contributed by atoms with Crippen molar-refractivity contribution in [1.29, 1.82) is 0 Å². The smallest absolute Gasteiger partial charge is 0.263 e. The van der Waals surface area contributed by atoms with Gasteiger partial charge >= 0.3 is 0 Å². The van der Waals surface area contributed by atoms with Crippen molar-refractivity contribution in [1.82, 2.24) is 9.55 Å². The number of carbonyl (C=O) groups is 1. The van der Waals surface area contributed by atoms with E-state index in [4.69, 9.17) is 9.72 Å². The van der Waals surface area contributed by atoms with Gasteiger partial charge in [0.1, 0.15) is 10.6 Å². The molecule has 2 atom stereocenters. The largest absolute Gasteiger partial charge is 0.376 e. The number of aryl methyl sites for hydroxylation is 2. The average Bonchev–Trinajstić information content (AvgIpc) is 3.43. The van der Waals surface area contributed by atoms with Crippen LogP contribution in [0, 0.1) is 5.82 Å². The number of rotatable bonds is 6. The highest BCUT2D eigenvalue weighted by molar-refractivity contribution is 8.00.